The van der Waals surface area contributed by atoms with Crippen LogP contribution in [0.2, 0.25) is 0 Å². The molecular formula is C13H14N2O2S. The van der Waals surface area contributed by atoms with E-state index >= 15 is 0 Å². The first-order valence-corrected chi connectivity index (χ1v) is 5.96. The van der Waals surface area contributed by atoms with Crippen molar-refractivity contribution in [2.45, 2.75) is 7.43 Å². The molecule has 0 atom stereocenters. The Hall–Kier alpha value is -1.88. The van der Waals surface area contributed by atoms with Crippen LogP contribution in [0.4, 0.5) is 5.69 Å². The van der Waals surface area contributed by atoms with Gasteiger partial charge < -0.3 is 9.47 Å². The smallest absolute Gasteiger partial charge is 0.162 e. The summed E-state index contributed by atoms with van der Waals surface area (Å²) in [6.07, 6.45) is 1.78. The molecule has 1 aliphatic rings. The van der Waals surface area contributed by atoms with Crippen LogP contribution in [0.1, 0.15) is 18.0 Å². The van der Waals surface area contributed by atoms with Gasteiger partial charge in [-0.3, -0.25) is 0 Å². The maximum atomic E-state index is 5.27. The van der Waals surface area contributed by atoms with E-state index in [2.05, 4.69) is 9.98 Å². The molecule has 4 nitrogen and oxygen atoms in total. The summed E-state index contributed by atoms with van der Waals surface area (Å²) in [5, 5.41) is 2.88. The van der Waals surface area contributed by atoms with Crippen molar-refractivity contribution in [2.24, 2.45) is 4.99 Å². The summed E-state index contributed by atoms with van der Waals surface area (Å²) in [6, 6.07) is 3.82. The van der Waals surface area contributed by atoms with E-state index in [9.17, 15) is 0 Å². The Balaban J connectivity index is 0.00000120. The van der Waals surface area contributed by atoms with Gasteiger partial charge in [0.05, 0.1) is 19.9 Å². The van der Waals surface area contributed by atoms with Gasteiger partial charge in [-0.2, -0.15) is 0 Å². The molecule has 0 N–H and O–H groups in total. The van der Waals surface area contributed by atoms with E-state index in [1.54, 1.807) is 31.8 Å². The van der Waals surface area contributed by atoms with E-state index in [0.717, 1.165) is 27.7 Å². The zero-order valence-corrected chi connectivity index (χ0v) is 10.2. The molecule has 1 aromatic carbocycles. The largest absolute Gasteiger partial charge is 0.493 e. The zero-order chi connectivity index (χ0) is 11.8. The molecule has 2 heterocycles. The topological polar surface area (TPSA) is 43.7 Å². The standard InChI is InChI=1S/C12H10N2O2S.CH4/c1-15-9-5-7-8(6-10(9)16-2)14-11(7)12-13-3-4-17-12;/h3-6H,1-2H3;1H4. The minimum Gasteiger partial charge on any atom is -0.493 e. The van der Waals surface area contributed by atoms with Crippen molar-refractivity contribution in [3.8, 4) is 11.5 Å². The number of methoxy groups -OCH3 is 2. The van der Waals surface area contributed by atoms with E-state index in [4.69, 9.17) is 9.47 Å². The summed E-state index contributed by atoms with van der Waals surface area (Å²) in [5.41, 5.74) is 2.92. The number of aliphatic imine (C=N–C) groups is 1. The van der Waals surface area contributed by atoms with Crippen molar-refractivity contribution in [3.05, 3.63) is 34.3 Å². The van der Waals surface area contributed by atoms with Gasteiger partial charge in [0.25, 0.3) is 0 Å². The van der Waals surface area contributed by atoms with Gasteiger partial charge in [0, 0.05) is 23.2 Å². The number of hydrogen-bond acceptors (Lipinski definition) is 5. The molecule has 5 heteroatoms. The van der Waals surface area contributed by atoms with E-state index in [1.165, 1.54) is 0 Å². The summed E-state index contributed by atoms with van der Waals surface area (Å²) in [4.78, 5) is 8.69. The molecule has 0 saturated carbocycles. The number of ether oxygens (including phenoxy) is 2. The normalized spacial score (nSPS) is 11.8. The minimum absolute atomic E-state index is 0. The van der Waals surface area contributed by atoms with Crippen LogP contribution in [0, 0.1) is 0 Å². The predicted molar refractivity (Wildman–Crippen MR) is 73.7 cm³/mol. The van der Waals surface area contributed by atoms with E-state index in [0.29, 0.717) is 5.75 Å². The number of benzene rings is 1. The molecule has 0 unspecified atom stereocenters. The quantitative estimate of drug-likeness (QED) is 0.727. The first-order chi connectivity index (χ1) is 8.33. The van der Waals surface area contributed by atoms with Crippen LogP contribution in [0.5, 0.6) is 11.5 Å². The van der Waals surface area contributed by atoms with Crippen molar-refractivity contribution < 1.29 is 9.47 Å². The third kappa shape index (κ3) is 1.76. The Kier molecular flexibility index (Phi) is 3.34. The van der Waals surface area contributed by atoms with Crippen molar-refractivity contribution >= 4 is 22.7 Å². The minimum atomic E-state index is 0. The number of fused-ring (bicyclic) bond motifs is 1. The van der Waals surface area contributed by atoms with Crippen molar-refractivity contribution in [1.82, 2.24) is 4.98 Å². The highest BCUT2D eigenvalue weighted by atomic mass is 32.1. The van der Waals surface area contributed by atoms with Crippen LogP contribution < -0.4 is 9.47 Å². The van der Waals surface area contributed by atoms with Crippen molar-refractivity contribution in [2.75, 3.05) is 14.2 Å². The Labute approximate surface area is 110 Å². The number of thiazole rings is 1. The first-order valence-electron chi connectivity index (χ1n) is 5.08. The summed E-state index contributed by atoms with van der Waals surface area (Å²) < 4.78 is 10.5. The molecule has 0 radical (unpaired) electrons. The molecule has 1 aliphatic heterocycles. The molecule has 18 heavy (non-hydrogen) atoms. The predicted octanol–water partition coefficient (Wildman–Crippen LogP) is 3.28. The lowest BCUT2D eigenvalue weighted by Crippen LogP contribution is -2.11. The highest BCUT2D eigenvalue weighted by Crippen LogP contribution is 2.41. The monoisotopic (exact) mass is 262 g/mol. The van der Waals surface area contributed by atoms with Crippen LogP contribution in [0.25, 0.3) is 0 Å². The number of hydrogen-bond donors (Lipinski definition) is 0. The number of nitrogens with zero attached hydrogens (tertiary/aromatic N) is 2. The molecule has 0 bridgehead atoms. The van der Waals surface area contributed by atoms with Crippen molar-refractivity contribution in [3.63, 3.8) is 0 Å². The Morgan fingerprint density at radius 2 is 1.83 bits per heavy atom. The summed E-state index contributed by atoms with van der Waals surface area (Å²) in [6.45, 7) is 0. The molecule has 1 aromatic heterocycles. The molecule has 0 spiro atoms. The highest BCUT2D eigenvalue weighted by molar-refractivity contribution is 7.12. The average Bonchev–Trinajstić information content (AvgIpc) is 2.84. The number of rotatable bonds is 3. The van der Waals surface area contributed by atoms with Gasteiger partial charge in [0.2, 0.25) is 0 Å². The second-order valence-electron chi connectivity index (χ2n) is 3.52. The second kappa shape index (κ2) is 4.78. The van der Waals surface area contributed by atoms with Crippen LogP contribution in [0.15, 0.2) is 28.7 Å². The molecular weight excluding hydrogens is 248 g/mol. The van der Waals surface area contributed by atoms with Crippen LogP contribution >= 0.6 is 11.3 Å². The van der Waals surface area contributed by atoms with Crippen LogP contribution in [-0.2, 0) is 0 Å². The lowest BCUT2D eigenvalue weighted by atomic mass is 10.0. The Bertz CT molecular complexity index is 591. The van der Waals surface area contributed by atoms with Gasteiger partial charge in [-0.25, -0.2) is 9.98 Å². The Morgan fingerprint density at radius 3 is 2.44 bits per heavy atom. The van der Waals surface area contributed by atoms with Gasteiger partial charge in [0.15, 0.2) is 11.5 Å². The van der Waals surface area contributed by atoms with E-state index in [-0.39, 0.29) is 7.43 Å². The van der Waals surface area contributed by atoms with Crippen LogP contribution in [0.3, 0.4) is 0 Å². The molecule has 94 valence electrons. The second-order valence-corrected chi connectivity index (χ2v) is 4.42. The number of aromatic nitrogens is 1. The fraction of sp³-hybridized carbons (Fsp3) is 0.231. The SMILES string of the molecule is C.COc1cc2c(cc1OC)C(c1nccs1)=N2. The van der Waals surface area contributed by atoms with Gasteiger partial charge in [-0.05, 0) is 6.07 Å². The van der Waals surface area contributed by atoms with Gasteiger partial charge in [-0.15, -0.1) is 11.3 Å². The van der Waals surface area contributed by atoms with Crippen LogP contribution in [-0.4, -0.2) is 24.9 Å². The zero-order valence-electron chi connectivity index (χ0n) is 9.43. The maximum absolute atomic E-state index is 5.27. The fourth-order valence-electron chi connectivity index (χ4n) is 1.78. The first kappa shape index (κ1) is 12.6. The molecule has 2 aromatic rings. The van der Waals surface area contributed by atoms with Gasteiger partial charge in [0.1, 0.15) is 10.7 Å². The lowest BCUT2D eigenvalue weighted by Gasteiger charge is -2.19. The third-order valence-electron chi connectivity index (χ3n) is 2.62. The van der Waals surface area contributed by atoms with Gasteiger partial charge >= 0.3 is 0 Å². The highest BCUT2D eigenvalue weighted by Gasteiger charge is 2.24. The molecule has 0 fully saturated rings. The maximum Gasteiger partial charge on any atom is 0.162 e. The lowest BCUT2D eigenvalue weighted by molar-refractivity contribution is 0.355. The van der Waals surface area contributed by atoms with Gasteiger partial charge in [-0.1, -0.05) is 7.43 Å². The van der Waals surface area contributed by atoms with Crippen molar-refractivity contribution in [1.29, 1.82) is 0 Å². The fourth-order valence-corrected chi connectivity index (χ4v) is 2.42. The van der Waals surface area contributed by atoms with E-state index < -0.39 is 0 Å². The summed E-state index contributed by atoms with van der Waals surface area (Å²) >= 11 is 1.58. The third-order valence-corrected chi connectivity index (χ3v) is 3.40. The summed E-state index contributed by atoms with van der Waals surface area (Å²) in [7, 11) is 3.25. The molecule has 0 aliphatic carbocycles. The summed E-state index contributed by atoms with van der Waals surface area (Å²) in [5.74, 6) is 1.42. The van der Waals surface area contributed by atoms with E-state index in [1.807, 2.05) is 17.5 Å². The molecule has 3 rings (SSSR count). The molecule has 0 saturated heterocycles. The average molecular weight is 262 g/mol. The Morgan fingerprint density at radius 1 is 1.11 bits per heavy atom. The molecule has 0 amide bonds.